The van der Waals surface area contributed by atoms with Gasteiger partial charge in [0.2, 0.25) is 0 Å². The van der Waals surface area contributed by atoms with E-state index < -0.39 is 0 Å². The van der Waals surface area contributed by atoms with Crippen molar-refractivity contribution in [3.8, 4) is 5.75 Å². The molecule has 0 aliphatic rings. The van der Waals surface area contributed by atoms with Gasteiger partial charge < -0.3 is 4.74 Å². The lowest BCUT2D eigenvalue weighted by molar-refractivity contribution is 0.103. The summed E-state index contributed by atoms with van der Waals surface area (Å²) in [5, 5.41) is 7.07. The zero-order valence-electron chi connectivity index (χ0n) is 14.1. The molecule has 5 nitrogen and oxygen atoms in total. The van der Waals surface area contributed by atoms with Gasteiger partial charge in [-0.3, -0.25) is 9.59 Å². The predicted molar refractivity (Wildman–Crippen MR) is 106 cm³/mol. The third-order valence-corrected chi connectivity index (χ3v) is 4.70. The van der Waals surface area contributed by atoms with Gasteiger partial charge in [-0.2, -0.15) is 5.10 Å². The molecule has 0 bridgehead atoms. The molecular formula is C19H13Cl3N2O3. The Morgan fingerprint density at radius 2 is 1.78 bits per heavy atom. The van der Waals surface area contributed by atoms with E-state index in [2.05, 4.69) is 10.2 Å². The van der Waals surface area contributed by atoms with Gasteiger partial charge >= 0.3 is 0 Å². The number of H-pyrrole nitrogens is 1. The summed E-state index contributed by atoms with van der Waals surface area (Å²) in [6.07, 6.45) is 0.364. The molecule has 0 radical (unpaired) electrons. The lowest BCUT2D eigenvalue weighted by atomic mass is 9.98. The third-order valence-electron chi connectivity index (χ3n) is 3.88. The van der Waals surface area contributed by atoms with E-state index in [-0.39, 0.29) is 27.0 Å². The molecule has 1 N–H and O–H groups in total. The summed E-state index contributed by atoms with van der Waals surface area (Å²) in [5.74, 6) is 0.257. The number of hydrogen-bond acceptors (Lipinski definition) is 4. The van der Waals surface area contributed by atoms with E-state index in [0.29, 0.717) is 28.5 Å². The lowest BCUT2D eigenvalue weighted by Crippen LogP contribution is -2.09. The summed E-state index contributed by atoms with van der Waals surface area (Å²) in [4.78, 5) is 24.1. The maximum absolute atomic E-state index is 12.9. The average Bonchev–Trinajstić information content (AvgIpc) is 2.62. The maximum atomic E-state index is 12.9. The van der Waals surface area contributed by atoms with Crippen LogP contribution in [0.1, 0.15) is 27.2 Å². The van der Waals surface area contributed by atoms with E-state index in [1.54, 1.807) is 24.3 Å². The number of hydrogen-bond donors (Lipinski definition) is 1. The molecule has 0 amide bonds. The van der Waals surface area contributed by atoms with Crippen LogP contribution < -0.4 is 10.3 Å². The fourth-order valence-electron chi connectivity index (χ4n) is 2.63. The first-order chi connectivity index (χ1) is 12.9. The second kappa shape index (κ2) is 8.13. The molecule has 0 saturated carbocycles. The Hall–Kier alpha value is -2.34. The number of carbonyl (C=O) groups is 1. The Labute approximate surface area is 169 Å². The molecule has 1 heterocycles. The fourth-order valence-corrected chi connectivity index (χ4v) is 3.62. The summed E-state index contributed by atoms with van der Waals surface area (Å²) in [5.41, 5.74) is 1.63. The minimum absolute atomic E-state index is 0.178. The van der Waals surface area contributed by atoms with Crippen molar-refractivity contribution in [2.75, 3.05) is 7.11 Å². The number of methoxy groups -OCH3 is 1. The average molecular weight is 424 g/mol. The molecule has 2 aromatic carbocycles. The van der Waals surface area contributed by atoms with E-state index in [9.17, 15) is 9.59 Å². The number of halogens is 3. The van der Waals surface area contributed by atoms with Gasteiger partial charge in [0.05, 0.1) is 28.4 Å². The first-order valence-corrected chi connectivity index (χ1v) is 8.93. The van der Waals surface area contributed by atoms with Gasteiger partial charge in [-0.25, -0.2) is 5.10 Å². The highest BCUT2D eigenvalue weighted by Crippen LogP contribution is 2.32. The van der Waals surface area contributed by atoms with Crippen LogP contribution >= 0.6 is 34.8 Å². The largest absolute Gasteiger partial charge is 0.496 e. The van der Waals surface area contributed by atoms with Crippen molar-refractivity contribution in [2.45, 2.75) is 6.42 Å². The topological polar surface area (TPSA) is 72.1 Å². The van der Waals surface area contributed by atoms with Crippen LogP contribution in [0, 0.1) is 0 Å². The van der Waals surface area contributed by atoms with E-state index >= 15 is 0 Å². The smallest absolute Gasteiger partial charge is 0.264 e. The molecule has 3 aromatic rings. The summed E-state index contributed by atoms with van der Waals surface area (Å²) in [7, 11) is 1.54. The normalized spacial score (nSPS) is 10.7. The van der Waals surface area contributed by atoms with Crippen LogP contribution in [0.4, 0.5) is 0 Å². The zero-order chi connectivity index (χ0) is 19.6. The number of nitrogens with zero attached hydrogens (tertiary/aromatic N) is 1. The minimum Gasteiger partial charge on any atom is -0.496 e. The van der Waals surface area contributed by atoms with Gasteiger partial charge in [-0.1, -0.05) is 34.8 Å². The summed E-state index contributed by atoms with van der Waals surface area (Å²) >= 11 is 18.2. The maximum Gasteiger partial charge on any atom is 0.264 e. The van der Waals surface area contributed by atoms with Crippen LogP contribution in [0.2, 0.25) is 15.1 Å². The van der Waals surface area contributed by atoms with Crippen LogP contribution in [0.5, 0.6) is 5.75 Å². The first kappa shape index (κ1) is 19.4. The molecule has 1 aromatic heterocycles. The molecule has 0 aliphatic carbocycles. The van der Waals surface area contributed by atoms with Gasteiger partial charge in [-0.15, -0.1) is 0 Å². The van der Waals surface area contributed by atoms with Crippen molar-refractivity contribution >= 4 is 40.6 Å². The number of benzene rings is 2. The molecule has 0 spiro atoms. The molecule has 0 aliphatic heterocycles. The molecular weight excluding hydrogens is 411 g/mol. The Kier molecular flexibility index (Phi) is 5.85. The molecule has 27 heavy (non-hydrogen) atoms. The highest BCUT2D eigenvalue weighted by Gasteiger charge is 2.19. The summed E-state index contributed by atoms with van der Waals surface area (Å²) < 4.78 is 5.36. The number of ketones is 1. The Morgan fingerprint density at radius 3 is 2.37 bits per heavy atom. The standard InChI is InChI=1S/C19H13Cl3N2O3/c1-27-16-4-2-10(6-11(16)7-13-3-5-17(25)24-23-13)19(26)18-14(21)8-12(20)9-15(18)22/h2-6,8-9H,7H2,1H3,(H,24,25). The third kappa shape index (κ3) is 4.33. The van der Waals surface area contributed by atoms with Crippen molar-refractivity contribution < 1.29 is 9.53 Å². The molecule has 0 fully saturated rings. The summed E-state index contributed by atoms with van der Waals surface area (Å²) in [6, 6.07) is 10.9. The van der Waals surface area contributed by atoms with E-state index in [4.69, 9.17) is 39.5 Å². The van der Waals surface area contributed by atoms with Crippen LogP contribution in [0.25, 0.3) is 0 Å². The van der Waals surface area contributed by atoms with Gasteiger partial charge in [0, 0.05) is 28.6 Å². The Bertz CT molecular complexity index is 1040. The Balaban J connectivity index is 2.01. The second-order valence-electron chi connectivity index (χ2n) is 5.69. The molecule has 0 saturated heterocycles. The number of aromatic nitrogens is 2. The zero-order valence-corrected chi connectivity index (χ0v) is 16.3. The second-order valence-corrected chi connectivity index (χ2v) is 6.94. The van der Waals surface area contributed by atoms with Crippen LogP contribution in [0.3, 0.4) is 0 Å². The van der Waals surface area contributed by atoms with Crippen LogP contribution in [-0.2, 0) is 6.42 Å². The molecule has 0 atom stereocenters. The number of ether oxygens (including phenoxy) is 1. The number of nitrogens with one attached hydrogen (secondary N) is 1. The van der Waals surface area contributed by atoms with Crippen molar-refractivity contribution in [1.29, 1.82) is 0 Å². The summed E-state index contributed by atoms with van der Waals surface area (Å²) in [6.45, 7) is 0. The van der Waals surface area contributed by atoms with Gasteiger partial charge in [-0.05, 0) is 36.4 Å². The van der Waals surface area contributed by atoms with E-state index in [1.165, 1.54) is 25.3 Å². The lowest BCUT2D eigenvalue weighted by Gasteiger charge is -2.12. The predicted octanol–water partition coefficient (Wildman–Crippen LogP) is 4.56. The number of carbonyl (C=O) groups excluding carboxylic acids is 1. The quantitative estimate of drug-likeness (QED) is 0.611. The van der Waals surface area contributed by atoms with Crippen molar-refractivity contribution in [1.82, 2.24) is 10.2 Å². The van der Waals surface area contributed by atoms with Crippen molar-refractivity contribution in [3.63, 3.8) is 0 Å². The molecule has 8 heteroatoms. The van der Waals surface area contributed by atoms with Gasteiger partial charge in [0.25, 0.3) is 5.56 Å². The van der Waals surface area contributed by atoms with E-state index in [0.717, 1.165) is 5.56 Å². The van der Waals surface area contributed by atoms with Gasteiger partial charge in [0.1, 0.15) is 5.75 Å². The highest BCUT2D eigenvalue weighted by molar-refractivity contribution is 6.43. The van der Waals surface area contributed by atoms with E-state index in [1.807, 2.05) is 0 Å². The monoisotopic (exact) mass is 422 g/mol. The van der Waals surface area contributed by atoms with Gasteiger partial charge in [0.15, 0.2) is 5.78 Å². The van der Waals surface area contributed by atoms with Crippen molar-refractivity contribution in [3.05, 3.63) is 90.3 Å². The fraction of sp³-hybridized carbons (Fsp3) is 0.105. The minimum atomic E-state index is -0.333. The Morgan fingerprint density at radius 1 is 1.07 bits per heavy atom. The number of aromatic amines is 1. The first-order valence-electron chi connectivity index (χ1n) is 7.80. The SMILES string of the molecule is COc1ccc(C(=O)c2c(Cl)cc(Cl)cc2Cl)cc1Cc1ccc(=O)[nH]n1. The molecule has 0 unspecified atom stereocenters. The molecule has 3 rings (SSSR count). The van der Waals surface area contributed by atoms with Crippen LogP contribution in [-0.4, -0.2) is 23.1 Å². The van der Waals surface area contributed by atoms with Crippen LogP contribution in [0.15, 0.2) is 47.3 Å². The molecule has 138 valence electrons. The van der Waals surface area contributed by atoms with Crippen molar-refractivity contribution in [2.24, 2.45) is 0 Å². The number of rotatable bonds is 5. The highest BCUT2D eigenvalue weighted by atomic mass is 35.5.